The van der Waals surface area contributed by atoms with Crippen molar-refractivity contribution in [2.75, 3.05) is 7.11 Å². The van der Waals surface area contributed by atoms with E-state index in [0.717, 1.165) is 21.9 Å². The van der Waals surface area contributed by atoms with Crippen LogP contribution in [0.15, 0.2) is 36.4 Å². The monoisotopic (exact) mass is 338 g/mol. The molecular weight excluding hydrogens is 324 g/mol. The fraction of sp³-hybridized carbons (Fsp3) is 0.250. The first-order chi connectivity index (χ1) is 9.04. The SMILES string of the molecule is COc1ccc(C(Br)c2cccc(Cl)c2C)cc1C. The van der Waals surface area contributed by atoms with Crippen molar-refractivity contribution in [3.63, 3.8) is 0 Å². The van der Waals surface area contributed by atoms with Crippen LogP contribution in [0.25, 0.3) is 0 Å². The van der Waals surface area contributed by atoms with Gasteiger partial charge in [-0.3, -0.25) is 0 Å². The highest BCUT2D eigenvalue weighted by atomic mass is 79.9. The lowest BCUT2D eigenvalue weighted by molar-refractivity contribution is 0.411. The number of rotatable bonds is 3. The largest absolute Gasteiger partial charge is 0.496 e. The van der Waals surface area contributed by atoms with Gasteiger partial charge in [0, 0.05) is 5.02 Å². The van der Waals surface area contributed by atoms with Gasteiger partial charge in [0.1, 0.15) is 5.75 Å². The second-order valence-corrected chi connectivity index (χ2v) is 5.87. The number of halogens is 2. The number of methoxy groups -OCH3 is 1. The summed E-state index contributed by atoms with van der Waals surface area (Å²) in [5, 5.41) is 0.798. The van der Waals surface area contributed by atoms with Crippen LogP contribution in [0.2, 0.25) is 5.02 Å². The number of alkyl halides is 1. The van der Waals surface area contributed by atoms with Crippen molar-refractivity contribution < 1.29 is 4.74 Å². The Morgan fingerprint density at radius 2 is 1.89 bits per heavy atom. The normalized spacial score (nSPS) is 12.3. The molecule has 0 aliphatic heterocycles. The van der Waals surface area contributed by atoms with Crippen molar-refractivity contribution >= 4 is 27.5 Å². The summed E-state index contributed by atoms with van der Waals surface area (Å²) in [6.45, 7) is 4.09. The van der Waals surface area contributed by atoms with Gasteiger partial charge in [0.05, 0.1) is 11.9 Å². The van der Waals surface area contributed by atoms with E-state index in [4.69, 9.17) is 16.3 Å². The van der Waals surface area contributed by atoms with Crippen LogP contribution in [-0.2, 0) is 0 Å². The van der Waals surface area contributed by atoms with E-state index in [1.807, 2.05) is 32.0 Å². The third kappa shape index (κ3) is 2.96. The summed E-state index contributed by atoms with van der Waals surface area (Å²) < 4.78 is 5.29. The Labute approximate surface area is 127 Å². The first-order valence-electron chi connectivity index (χ1n) is 6.08. The van der Waals surface area contributed by atoms with E-state index in [1.165, 1.54) is 11.1 Å². The quantitative estimate of drug-likeness (QED) is 0.676. The molecule has 1 atom stereocenters. The van der Waals surface area contributed by atoms with Crippen LogP contribution in [-0.4, -0.2) is 7.11 Å². The predicted molar refractivity (Wildman–Crippen MR) is 84.7 cm³/mol. The molecule has 0 radical (unpaired) electrons. The molecular formula is C16H16BrClO. The fourth-order valence-corrected chi connectivity index (χ4v) is 3.10. The number of hydrogen-bond donors (Lipinski definition) is 0. The van der Waals surface area contributed by atoms with E-state index in [-0.39, 0.29) is 4.83 Å². The maximum absolute atomic E-state index is 6.18. The molecule has 0 aromatic heterocycles. The first kappa shape index (κ1) is 14.4. The van der Waals surface area contributed by atoms with E-state index < -0.39 is 0 Å². The molecule has 1 nitrogen and oxygen atoms in total. The molecule has 0 fully saturated rings. The minimum atomic E-state index is 0.135. The minimum absolute atomic E-state index is 0.135. The zero-order chi connectivity index (χ0) is 14.0. The zero-order valence-corrected chi connectivity index (χ0v) is 13.5. The van der Waals surface area contributed by atoms with Crippen LogP contribution in [0.4, 0.5) is 0 Å². The second kappa shape index (κ2) is 5.98. The van der Waals surface area contributed by atoms with E-state index in [2.05, 4.69) is 34.1 Å². The highest BCUT2D eigenvalue weighted by molar-refractivity contribution is 9.09. The van der Waals surface area contributed by atoms with E-state index in [0.29, 0.717) is 0 Å². The van der Waals surface area contributed by atoms with E-state index in [1.54, 1.807) is 7.11 Å². The van der Waals surface area contributed by atoms with Crippen LogP contribution < -0.4 is 4.74 Å². The molecule has 0 aliphatic rings. The molecule has 1 unspecified atom stereocenters. The predicted octanol–water partition coefficient (Wildman–Crippen LogP) is 5.45. The Hall–Kier alpha value is -0.990. The molecule has 0 heterocycles. The Bertz CT molecular complexity index is 595. The number of ether oxygens (including phenoxy) is 1. The van der Waals surface area contributed by atoms with Crippen molar-refractivity contribution in [2.45, 2.75) is 18.7 Å². The molecule has 2 rings (SSSR count). The second-order valence-electron chi connectivity index (χ2n) is 4.55. The van der Waals surface area contributed by atoms with Gasteiger partial charge in [-0.15, -0.1) is 0 Å². The molecule has 19 heavy (non-hydrogen) atoms. The van der Waals surface area contributed by atoms with Crippen molar-refractivity contribution in [2.24, 2.45) is 0 Å². The van der Waals surface area contributed by atoms with Crippen LogP contribution >= 0.6 is 27.5 Å². The molecule has 0 aliphatic carbocycles. The molecule has 0 saturated heterocycles. The molecule has 0 amide bonds. The third-order valence-electron chi connectivity index (χ3n) is 3.29. The van der Waals surface area contributed by atoms with Gasteiger partial charge in [0.2, 0.25) is 0 Å². The average Bonchev–Trinajstić information content (AvgIpc) is 2.41. The van der Waals surface area contributed by atoms with E-state index >= 15 is 0 Å². The molecule has 0 saturated carbocycles. The van der Waals surface area contributed by atoms with Gasteiger partial charge < -0.3 is 4.74 Å². The molecule has 2 aromatic rings. The van der Waals surface area contributed by atoms with Crippen LogP contribution in [0.1, 0.15) is 27.1 Å². The Morgan fingerprint density at radius 3 is 2.53 bits per heavy atom. The summed E-state index contributed by atoms with van der Waals surface area (Å²) in [5.41, 5.74) is 4.63. The van der Waals surface area contributed by atoms with Gasteiger partial charge in [-0.1, -0.05) is 51.8 Å². The summed E-state index contributed by atoms with van der Waals surface area (Å²) in [6.07, 6.45) is 0. The Morgan fingerprint density at radius 1 is 1.16 bits per heavy atom. The van der Waals surface area contributed by atoms with Crippen LogP contribution in [0.3, 0.4) is 0 Å². The summed E-state index contributed by atoms with van der Waals surface area (Å²) in [5.74, 6) is 0.909. The van der Waals surface area contributed by atoms with Gasteiger partial charge in [-0.05, 0) is 48.2 Å². The zero-order valence-electron chi connectivity index (χ0n) is 11.2. The summed E-state index contributed by atoms with van der Waals surface area (Å²) in [7, 11) is 1.69. The summed E-state index contributed by atoms with van der Waals surface area (Å²) in [4.78, 5) is 0.135. The van der Waals surface area contributed by atoms with Crippen molar-refractivity contribution in [1.82, 2.24) is 0 Å². The smallest absolute Gasteiger partial charge is 0.121 e. The maximum atomic E-state index is 6.18. The number of aryl methyl sites for hydroxylation is 1. The fourth-order valence-electron chi connectivity index (χ4n) is 2.14. The highest BCUT2D eigenvalue weighted by Gasteiger charge is 2.15. The topological polar surface area (TPSA) is 9.23 Å². The van der Waals surface area contributed by atoms with Crippen molar-refractivity contribution in [3.8, 4) is 5.75 Å². The molecule has 0 bridgehead atoms. The van der Waals surface area contributed by atoms with E-state index in [9.17, 15) is 0 Å². The Kier molecular flexibility index (Phi) is 4.54. The van der Waals surface area contributed by atoms with Crippen molar-refractivity contribution in [3.05, 3.63) is 63.7 Å². The number of benzene rings is 2. The highest BCUT2D eigenvalue weighted by Crippen LogP contribution is 2.36. The van der Waals surface area contributed by atoms with Gasteiger partial charge in [-0.2, -0.15) is 0 Å². The molecule has 0 spiro atoms. The lowest BCUT2D eigenvalue weighted by Crippen LogP contribution is -1.98. The lowest BCUT2D eigenvalue weighted by Gasteiger charge is -2.16. The van der Waals surface area contributed by atoms with Gasteiger partial charge in [0.15, 0.2) is 0 Å². The Balaban J connectivity index is 2.41. The summed E-state index contributed by atoms with van der Waals surface area (Å²) >= 11 is 9.94. The van der Waals surface area contributed by atoms with Crippen LogP contribution in [0.5, 0.6) is 5.75 Å². The van der Waals surface area contributed by atoms with Gasteiger partial charge >= 0.3 is 0 Å². The molecule has 0 N–H and O–H groups in total. The third-order valence-corrected chi connectivity index (χ3v) is 4.73. The van der Waals surface area contributed by atoms with Crippen molar-refractivity contribution in [1.29, 1.82) is 0 Å². The summed E-state index contributed by atoms with van der Waals surface area (Å²) in [6, 6.07) is 12.2. The first-order valence-corrected chi connectivity index (χ1v) is 7.37. The maximum Gasteiger partial charge on any atom is 0.121 e. The molecule has 3 heteroatoms. The minimum Gasteiger partial charge on any atom is -0.496 e. The standard InChI is InChI=1S/C16H16BrClO/c1-10-9-12(7-8-15(10)19-3)16(17)13-5-4-6-14(18)11(13)2/h4-9,16H,1-3H3. The number of hydrogen-bond acceptors (Lipinski definition) is 1. The molecule has 100 valence electrons. The van der Waals surface area contributed by atoms with Gasteiger partial charge in [0.25, 0.3) is 0 Å². The van der Waals surface area contributed by atoms with Gasteiger partial charge in [-0.25, -0.2) is 0 Å². The van der Waals surface area contributed by atoms with Crippen LogP contribution in [0, 0.1) is 13.8 Å². The lowest BCUT2D eigenvalue weighted by atomic mass is 9.99. The average molecular weight is 340 g/mol. The molecule has 2 aromatic carbocycles.